The number of benzene rings is 2. The van der Waals surface area contributed by atoms with Crippen LogP contribution in [0.15, 0.2) is 47.4 Å². The highest BCUT2D eigenvalue weighted by molar-refractivity contribution is 5.96. The highest BCUT2D eigenvalue weighted by Crippen LogP contribution is 2.41. The number of aromatic hydroxyl groups is 1. The third-order valence-electron chi connectivity index (χ3n) is 10.1. The maximum Gasteiger partial charge on any atom is 0.279 e. The number of anilines is 1. The number of nitrogens with zero attached hydrogens (tertiary/aromatic N) is 5. The lowest BCUT2D eigenvalue weighted by atomic mass is 9.95. The van der Waals surface area contributed by atoms with Crippen molar-refractivity contribution in [3.63, 3.8) is 0 Å². The molecule has 2 aromatic heterocycles. The predicted octanol–water partition coefficient (Wildman–Crippen LogP) is 4.10. The molecule has 2 N–H and O–H groups in total. The van der Waals surface area contributed by atoms with Gasteiger partial charge >= 0.3 is 0 Å². The summed E-state index contributed by atoms with van der Waals surface area (Å²) in [5, 5.41) is 21.8. The van der Waals surface area contributed by atoms with Gasteiger partial charge in [0.05, 0.1) is 28.2 Å². The SMILES string of the molecule is CCc1cccc2cc(O)cc(-n3ncc4c(N5CC6CCC(C5)N6)nc(OC[C@@]56CCCN5C[C@H](F)C6)cc4c3=O)c12. The van der Waals surface area contributed by atoms with Crippen molar-refractivity contribution < 1.29 is 14.2 Å². The van der Waals surface area contributed by atoms with E-state index in [0.717, 1.165) is 68.1 Å². The number of hydrogen-bond donors (Lipinski definition) is 2. The fourth-order valence-electron chi connectivity index (χ4n) is 8.15. The Morgan fingerprint density at radius 3 is 2.79 bits per heavy atom. The number of hydrogen-bond acceptors (Lipinski definition) is 8. The van der Waals surface area contributed by atoms with Crippen molar-refractivity contribution in [3.05, 3.63) is 58.5 Å². The number of fused-ring (bicyclic) bond motifs is 5. The third kappa shape index (κ3) is 4.45. The quantitative estimate of drug-likeness (QED) is 0.350. The van der Waals surface area contributed by atoms with E-state index in [-0.39, 0.29) is 16.8 Å². The molecule has 224 valence electrons. The lowest BCUT2D eigenvalue weighted by molar-refractivity contribution is 0.111. The van der Waals surface area contributed by atoms with E-state index in [2.05, 4.69) is 27.1 Å². The summed E-state index contributed by atoms with van der Waals surface area (Å²) < 4.78 is 22.3. The van der Waals surface area contributed by atoms with Crippen LogP contribution in [0.4, 0.5) is 10.2 Å². The second-order valence-electron chi connectivity index (χ2n) is 12.8. The summed E-state index contributed by atoms with van der Waals surface area (Å²) in [4.78, 5) is 23.8. The van der Waals surface area contributed by atoms with Gasteiger partial charge in [-0.15, -0.1) is 0 Å². The normalized spacial score (nSPS) is 26.9. The minimum atomic E-state index is -0.844. The Kier molecular flexibility index (Phi) is 6.34. The van der Waals surface area contributed by atoms with Crippen LogP contribution in [0.25, 0.3) is 27.2 Å². The molecule has 4 aliphatic heterocycles. The Balaban J connectivity index is 1.27. The molecule has 2 bridgehead atoms. The first-order valence-corrected chi connectivity index (χ1v) is 15.6. The Labute approximate surface area is 249 Å². The molecule has 9 nitrogen and oxygen atoms in total. The van der Waals surface area contributed by atoms with Crippen LogP contribution in [0.2, 0.25) is 0 Å². The van der Waals surface area contributed by atoms with E-state index in [9.17, 15) is 14.3 Å². The molecule has 0 spiro atoms. The summed E-state index contributed by atoms with van der Waals surface area (Å²) in [6.45, 7) is 5.35. The summed E-state index contributed by atoms with van der Waals surface area (Å²) in [7, 11) is 0. The number of aryl methyl sites for hydroxylation is 1. The van der Waals surface area contributed by atoms with Crippen LogP contribution in [-0.4, -0.2) is 81.4 Å². The maximum atomic E-state index is 14.5. The summed E-state index contributed by atoms with van der Waals surface area (Å²) in [6.07, 6.45) is 6.28. The minimum Gasteiger partial charge on any atom is -0.508 e. The number of pyridine rings is 1. The number of phenolic OH excluding ortho intramolecular Hbond substituents is 1. The Hall–Kier alpha value is -3.76. The number of phenols is 1. The lowest BCUT2D eigenvalue weighted by Gasteiger charge is -2.35. The first-order valence-electron chi connectivity index (χ1n) is 15.6. The van der Waals surface area contributed by atoms with Crippen molar-refractivity contribution in [1.82, 2.24) is 25.0 Å². The van der Waals surface area contributed by atoms with Crippen LogP contribution in [0.3, 0.4) is 0 Å². The van der Waals surface area contributed by atoms with Gasteiger partial charge in [0.2, 0.25) is 5.88 Å². The van der Waals surface area contributed by atoms with Crippen molar-refractivity contribution in [3.8, 4) is 17.3 Å². The van der Waals surface area contributed by atoms with Gasteiger partial charge in [-0.1, -0.05) is 25.1 Å². The fraction of sp³-hybridized carbons (Fsp3) is 0.485. The number of aromatic nitrogens is 3. The van der Waals surface area contributed by atoms with Crippen molar-refractivity contribution in [1.29, 1.82) is 0 Å². The molecule has 10 heteroatoms. The molecule has 4 atom stereocenters. The molecular formula is C33H37FN6O3. The van der Waals surface area contributed by atoms with E-state index in [0.29, 0.717) is 59.8 Å². The van der Waals surface area contributed by atoms with E-state index in [1.165, 1.54) is 4.68 Å². The third-order valence-corrected chi connectivity index (χ3v) is 10.1. The number of halogens is 1. The number of alkyl halides is 1. The molecule has 0 amide bonds. The molecular weight excluding hydrogens is 547 g/mol. The largest absolute Gasteiger partial charge is 0.508 e. The average molecular weight is 585 g/mol. The van der Waals surface area contributed by atoms with Crippen LogP contribution < -0.4 is 20.5 Å². The zero-order valence-electron chi connectivity index (χ0n) is 24.4. The van der Waals surface area contributed by atoms with Gasteiger partial charge in [-0.25, -0.2) is 4.39 Å². The smallest absolute Gasteiger partial charge is 0.279 e. The molecule has 8 rings (SSSR count). The van der Waals surface area contributed by atoms with Gasteiger partial charge < -0.3 is 20.1 Å². The molecule has 4 saturated heterocycles. The number of rotatable bonds is 6. The fourth-order valence-corrected chi connectivity index (χ4v) is 8.15. The number of piperazine rings is 1. The summed E-state index contributed by atoms with van der Waals surface area (Å²) in [5.41, 5.74) is 0.994. The van der Waals surface area contributed by atoms with Crippen LogP contribution in [0.5, 0.6) is 11.6 Å². The molecule has 0 aliphatic carbocycles. The van der Waals surface area contributed by atoms with E-state index < -0.39 is 6.17 Å². The van der Waals surface area contributed by atoms with Crippen LogP contribution in [0, 0.1) is 0 Å². The molecule has 4 fully saturated rings. The Morgan fingerprint density at radius 2 is 1.98 bits per heavy atom. The van der Waals surface area contributed by atoms with Gasteiger partial charge in [-0.2, -0.15) is 14.8 Å². The van der Waals surface area contributed by atoms with E-state index in [1.54, 1.807) is 24.4 Å². The molecule has 4 aromatic rings. The predicted molar refractivity (Wildman–Crippen MR) is 164 cm³/mol. The minimum absolute atomic E-state index is 0.0726. The van der Waals surface area contributed by atoms with Gasteiger partial charge in [-0.3, -0.25) is 9.69 Å². The number of nitrogens with one attached hydrogen (secondary N) is 1. The van der Waals surface area contributed by atoms with Crippen LogP contribution >= 0.6 is 0 Å². The highest BCUT2D eigenvalue weighted by atomic mass is 19.1. The van der Waals surface area contributed by atoms with Gasteiger partial charge in [0.15, 0.2) is 0 Å². The molecule has 2 unspecified atom stereocenters. The summed E-state index contributed by atoms with van der Waals surface area (Å²) >= 11 is 0. The molecule has 2 aromatic carbocycles. The molecule has 6 heterocycles. The Bertz CT molecular complexity index is 1780. The average Bonchev–Trinajstić information content (AvgIpc) is 3.65. The number of ether oxygens (including phenoxy) is 1. The van der Waals surface area contributed by atoms with Crippen molar-refractivity contribution in [2.24, 2.45) is 0 Å². The maximum absolute atomic E-state index is 14.5. The van der Waals surface area contributed by atoms with Gasteiger partial charge in [-0.05, 0) is 55.7 Å². The summed E-state index contributed by atoms with van der Waals surface area (Å²) in [5.74, 6) is 1.15. The van der Waals surface area contributed by atoms with Crippen LogP contribution in [0.1, 0.15) is 44.6 Å². The van der Waals surface area contributed by atoms with Crippen molar-refractivity contribution >= 4 is 27.4 Å². The van der Waals surface area contributed by atoms with Crippen molar-refractivity contribution in [2.45, 2.75) is 69.2 Å². The van der Waals surface area contributed by atoms with Crippen molar-refractivity contribution in [2.75, 3.05) is 37.7 Å². The van der Waals surface area contributed by atoms with E-state index in [4.69, 9.17) is 9.72 Å². The summed E-state index contributed by atoms with van der Waals surface area (Å²) in [6, 6.07) is 11.7. The monoisotopic (exact) mass is 584 g/mol. The van der Waals surface area contributed by atoms with Crippen LogP contribution in [-0.2, 0) is 6.42 Å². The standard InChI is InChI=1S/C33H37FN6O3/c1-2-20-5-3-6-21-11-25(41)12-28(30(20)21)40-32(42)26-13-29(43-19-33-9-4-10-39(33)16-22(34)14-33)37-31(27(26)15-35-40)38-17-23-7-8-24(18-38)36-23/h3,5-6,11-13,15,22-24,36,41H,2,4,7-10,14,16-19H2,1H3/t22-,23?,24?,33+/m1/s1. The molecule has 4 aliphatic rings. The topological polar surface area (TPSA) is 95.8 Å². The first kappa shape index (κ1) is 26.8. The first-order chi connectivity index (χ1) is 20.9. The van der Waals surface area contributed by atoms with Gasteiger partial charge in [0, 0.05) is 55.7 Å². The zero-order chi connectivity index (χ0) is 29.3. The lowest BCUT2D eigenvalue weighted by Crippen LogP contribution is -2.51. The molecule has 43 heavy (non-hydrogen) atoms. The van der Waals surface area contributed by atoms with E-state index >= 15 is 0 Å². The van der Waals surface area contributed by atoms with Gasteiger partial charge in [0.1, 0.15) is 24.3 Å². The molecule has 0 saturated carbocycles. The second kappa shape index (κ2) is 10.2. The van der Waals surface area contributed by atoms with E-state index in [1.807, 2.05) is 18.2 Å². The Morgan fingerprint density at radius 1 is 1.14 bits per heavy atom. The highest BCUT2D eigenvalue weighted by Gasteiger charge is 2.49. The zero-order valence-corrected chi connectivity index (χ0v) is 24.4. The van der Waals surface area contributed by atoms with Gasteiger partial charge in [0.25, 0.3) is 5.56 Å². The molecule has 0 radical (unpaired) electrons. The second-order valence-corrected chi connectivity index (χ2v) is 12.8.